The van der Waals surface area contributed by atoms with Crippen LogP contribution in [0.2, 0.25) is 0 Å². The topological polar surface area (TPSA) is 46.3 Å². The molecule has 1 amide bonds. The molecule has 1 aliphatic rings. The average molecular weight is 274 g/mol. The van der Waals surface area contributed by atoms with Crippen LogP contribution in [0.5, 0.6) is 0 Å². The summed E-state index contributed by atoms with van der Waals surface area (Å²) in [6.07, 6.45) is 1.32. The first-order valence-electron chi connectivity index (χ1n) is 7.36. The Morgan fingerprint density at radius 2 is 1.85 bits per heavy atom. The van der Waals surface area contributed by atoms with Gasteiger partial charge in [-0.2, -0.15) is 0 Å². The van der Waals surface area contributed by atoms with Gasteiger partial charge in [-0.15, -0.1) is 0 Å². The normalized spacial score (nSPS) is 24.1. The van der Waals surface area contributed by atoms with Gasteiger partial charge in [-0.1, -0.05) is 18.2 Å². The summed E-state index contributed by atoms with van der Waals surface area (Å²) < 4.78 is 0. The number of carbonyl (C=O) groups excluding carboxylic acids is 1. The van der Waals surface area contributed by atoms with Crippen molar-refractivity contribution in [2.24, 2.45) is 5.73 Å². The standard InChI is InChI=1S/C17H26N2O/c1-11-6-7-13(10-12(11)2)16-14(18)8-9-15(20)19(16)17(3,4)5/h6-7,10,14,16H,8-9,18H2,1-5H3. The van der Waals surface area contributed by atoms with Crippen molar-refractivity contribution in [1.82, 2.24) is 4.90 Å². The zero-order valence-corrected chi connectivity index (χ0v) is 13.2. The van der Waals surface area contributed by atoms with E-state index in [2.05, 4.69) is 52.8 Å². The number of amides is 1. The molecule has 1 fully saturated rings. The quantitative estimate of drug-likeness (QED) is 0.855. The van der Waals surface area contributed by atoms with Crippen LogP contribution in [0.25, 0.3) is 0 Å². The zero-order valence-electron chi connectivity index (χ0n) is 13.2. The van der Waals surface area contributed by atoms with Crippen LogP contribution in [0.4, 0.5) is 0 Å². The van der Waals surface area contributed by atoms with E-state index < -0.39 is 0 Å². The first-order valence-corrected chi connectivity index (χ1v) is 7.36. The predicted octanol–water partition coefficient (Wildman–Crippen LogP) is 3.09. The Kier molecular flexibility index (Phi) is 3.92. The van der Waals surface area contributed by atoms with Gasteiger partial charge in [0.2, 0.25) is 5.91 Å². The molecule has 0 bridgehead atoms. The maximum Gasteiger partial charge on any atom is 0.223 e. The predicted molar refractivity (Wildman–Crippen MR) is 82.5 cm³/mol. The maximum absolute atomic E-state index is 12.4. The van der Waals surface area contributed by atoms with E-state index in [1.165, 1.54) is 11.1 Å². The number of nitrogens with zero attached hydrogens (tertiary/aromatic N) is 1. The fourth-order valence-electron chi connectivity index (χ4n) is 3.05. The first kappa shape index (κ1) is 15.0. The van der Waals surface area contributed by atoms with Crippen LogP contribution >= 0.6 is 0 Å². The van der Waals surface area contributed by atoms with Crippen molar-refractivity contribution in [3.05, 3.63) is 34.9 Å². The molecule has 0 spiro atoms. The number of piperidine rings is 1. The lowest BCUT2D eigenvalue weighted by Crippen LogP contribution is -2.56. The Morgan fingerprint density at radius 1 is 1.20 bits per heavy atom. The molecule has 0 aromatic heterocycles. The highest BCUT2D eigenvalue weighted by Crippen LogP contribution is 2.36. The lowest BCUT2D eigenvalue weighted by molar-refractivity contribution is -0.144. The molecule has 110 valence electrons. The van der Waals surface area contributed by atoms with E-state index in [1.807, 2.05) is 4.90 Å². The highest BCUT2D eigenvalue weighted by Gasteiger charge is 2.40. The summed E-state index contributed by atoms with van der Waals surface area (Å²) in [7, 11) is 0. The van der Waals surface area contributed by atoms with Gasteiger partial charge in [0.05, 0.1) is 6.04 Å². The van der Waals surface area contributed by atoms with Gasteiger partial charge in [-0.25, -0.2) is 0 Å². The van der Waals surface area contributed by atoms with E-state index in [-0.39, 0.29) is 23.5 Å². The molecule has 2 unspecified atom stereocenters. The number of aryl methyl sites for hydroxylation is 2. The summed E-state index contributed by atoms with van der Waals surface area (Å²) in [4.78, 5) is 14.4. The van der Waals surface area contributed by atoms with E-state index in [1.54, 1.807) is 0 Å². The molecule has 0 aliphatic carbocycles. The van der Waals surface area contributed by atoms with Crippen LogP contribution in [0, 0.1) is 13.8 Å². The van der Waals surface area contributed by atoms with E-state index in [0.29, 0.717) is 6.42 Å². The molecule has 1 aliphatic heterocycles. The fourth-order valence-corrected chi connectivity index (χ4v) is 3.05. The summed E-state index contributed by atoms with van der Waals surface area (Å²) in [5, 5.41) is 0. The summed E-state index contributed by atoms with van der Waals surface area (Å²) in [5.74, 6) is 0.211. The lowest BCUT2D eigenvalue weighted by Gasteiger charge is -2.47. The number of likely N-dealkylation sites (tertiary alicyclic amines) is 1. The molecule has 1 aromatic rings. The molecule has 1 saturated heterocycles. The van der Waals surface area contributed by atoms with Crippen LogP contribution in [-0.2, 0) is 4.79 Å². The Bertz CT molecular complexity index is 516. The molecule has 3 nitrogen and oxygen atoms in total. The SMILES string of the molecule is Cc1ccc(C2C(N)CCC(=O)N2C(C)(C)C)cc1C. The summed E-state index contributed by atoms with van der Waals surface area (Å²) in [6, 6.07) is 6.41. The Morgan fingerprint density at radius 3 is 2.40 bits per heavy atom. The molecule has 2 N–H and O–H groups in total. The maximum atomic E-state index is 12.4. The Hall–Kier alpha value is -1.35. The van der Waals surface area contributed by atoms with Gasteiger partial charge < -0.3 is 10.6 Å². The number of carbonyl (C=O) groups is 1. The third-order valence-corrected chi connectivity index (χ3v) is 4.24. The molecule has 1 heterocycles. The third-order valence-electron chi connectivity index (χ3n) is 4.24. The second kappa shape index (κ2) is 5.21. The fraction of sp³-hybridized carbons (Fsp3) is 0.588. The third kappa shape index (κ3) is 2.73. The molecule has 2 rings (SSSR count). The van der Waals surface area contributed by atoms with Crippen LogP contribution in [0.3, 0.4) is 0 Å². The molecular weight excluding hydrogens is 248 g/mol. The second-order valence-corrected chi connectivity index (χ2v) is 6.93. The van der Waals surface area contributed by atoms with Gasteiger partial charge in [0.15, 0.2) is 0 Å². The molecule has 3 heteroatoms. The van der Waals surface area contributed by atoms with Crippen LogP contribution in [0.15, 0.2) is 18.2 Å². The second-order valence-electron chi connectivity index (χ2n) is 6.93. The molecule has 2 atom stereocenters. The van der Waals surface area contributed by atoms with Gasteiger partial charge in [-0.05, 0) is 57.7 Å². The van der Waals surface area contributed by atoms with E-state index >= 15 is 0 Å². The van der Waals surface area contributed by atoms with E-state index in [0.717, 1.165) is 12.0 Å². The van der Waals surface area contributed by atoms with Gasteiger partial charge in [0.25, 0.3) is 0 Å². The molecule has 0 radical (unpaired) electrons. The highest BCUT2D eigenvalue weighted by atomic mass is 16.2. The van der Waals surface area contributed by atoms with Crippen molar-refractivity contribution in [1.29, 1.82) is 0 Å². The zero-order chi connectivity index (χ0) is 15.1. The first-order chi connectivity index (χ1) is 9.21. The van der Waals surface area contributed by atoms with Crippen molar-refractivity contribution in [3.8, 4) is 0 Å². The van der Waals surface area contributed by atoms with Gasteiger partial charge in [0.1, 0.15) is 0 Å². The summed E-state index contributed by atoms with van der Waals surface area (Å²) >= 11 is 0. The van der Waals surface area contributed by atoms with Gasteiger partial charge in [-0.3, -0.25) is 4.79 Å². The van der Waals surface area contributed by atoms with Crippen molar-refractivity contribution in [3.63, 3.8) is 0 Å². The van der Waals surface area contributed by atoms with Gasteiger partial charge in [0, 0.05) is 18.0 Å². The molecular formula is C17H26N2O. The van der Waals surface area contributed by atoms with Crippen LogP contribution < -0.4 is 5.73 Å². The van der Waals surface area contributed by atoms with Crippen molar-refractivity contribution < 1.29 is 4.79 Å². The van der Waals surface area contributed by atoms with E-state index in [4.69, 9.17) is 5.73 Å². The molecule has 0 saturated carbocycles. The minimum atomic E-state index is -0.210. The van der Waals surface area contributed by atoms with Gasteiger partial charge >= 0.3 is 0 Å². The highest BCUT2D eigenvalue weighted by molar-refractivity contribution is 5.78. The summed E-state index contributed by atoms with van der Waals surface area (Å²) in [6.45, 7) is 10.5. The van der Waals surface area contributed by atoms with Crippen molar-refractivity contribution >= 4 is 5.91 Å². The van der Waals surface area contributed by atoms with Crippen molar-refractivity contribution in [2.75, 3.05) is 0 Å². The Labute approximate surface area is 122 Å². The van der Waals surface area contributed by atoms with E-state index in [9.17, 15) is 4.79 Å². The smallest absolute Gasteiger partial charge is 0.223 e. The van der Waals surface area contributed by atoms with Crippen molar-refractivity contribution in [2.45, 2.75) is 65.1 Å². The lowest BCUT2D eigenvalue weighted by atomic mass is 9.85. The largest absolute Gasteiger partial charge is 0.329 e. The Balaban J connectivity index is 2.47. The number of rotatable bonds is 1. The molecule has 1 aromatic carbocycles. The number of hydrogen-bond donors (Lipinski definition) is 1. The monoisotopic (exact) mass is 274 g/mol. The average Bonchev–Trinajstić information content (AvgIpc) is 2.34. The molecule has 20 heavy (non-hydrogen) atoms. The van der Waals surface area contributed by atoms with Crippen LogP contribution in [0.1, 0.15) is 56.3 Å². The number of hydrogen-bond acceptors (Lipinski definition) is 2. The minimum Gasteiger partial charge on any atom is -0.329 e. The number of nitrogens with two attached hydrogens (primary N) is 1. The minimum absolute atomic E-state index is 0.00836. The number of benzene rings is 1. The summed E-state index contributed by atoms with van der Waals surface area (Å²) in [5.41, 5.74) is 9.82. The van der Waals surface area contributed by atoms with Crippen LogP contribution in [-0.4, -0.2) is 22.4 Å².